The number of carbonyl (C=O) groups excluding carboxylic acids is 2. The van der Waals surface area contributed by atoms with Crippen LogP contribution in [0.2, 0.25) is 0 Å². The van der Waals surface area contributed by atoms with Gasteiger partial charge in [0.15, 0.2) is 0 Å². The Morgan fingerprint density at radius 1 is 1.08 bits per heavy atom. The highest BCUT2D eigenvalue weighted by Gasteiger charge is 2.31. The molecule has 0 spiro atoms. The Morgan fingerprint density at radius 3 is 2.60 bits per heavy atom. The summed E-state index contributed by atoms with van der Waals surface area (Å²) in [5, 5.41) is 3.00. The van der Waals surface area contributed by atoms with Crippen molar-refractivity contribution in [3.05, 3.63) is 35.9 Å². The van der Waals surface area contributed by atoms with Crippen LogP contribution in [0.25, 0.3) is 0 Å². The molecule has 3 rings (SSSR count). The molecule has 2 amide bonds. The van der Waals surface area contributed by atoms with Crippen LogP contribution in [-0.2, 0) is 4.79 Å². The van der Waals surface area contributed by atoms with E-state index in [0.29, 0.717) is 24.4 Å². The molecule has 1 unspecified atom stereocenters. The van der Waals surface area contributed by atoms with E-state index in [1.54, 1.807) is 12.1 Å². The second-order valence-corrected chi connectivity index (χ2v) is 7.37. The highest BCUT2D eigenvalue weighted by molar-refractivity contribution is 5.94. The van der Waals surface area contributed by atoms with Crippen molar-refractivity contribution < 1.29 is 9.59 Å². The van der Waals surface area contributed by atoms with Crippen LogP contribution >= 0.6 is 0 Å². The van der Waals surface area contributed by atoms with Gasteiger partial charge in [-0.1, -0.05) is 24.6 Å². The normalized spacial score (nSPS) is 26.4. The van der Waals surface area contributed by atoms with Crippen LogP contribution in [0.15, 0.2) is 30.3 Å². The summed E-state index contributed by atoms with van der Waals surface area (Å²) >= 11 is 0. The maximum atomic E-state index is 12.8. The van der Waals surface area contributed by atoms with Gasteiger partial charge in [-0.05, 0) is 50.2 Å². The Labute approximate surface area is 150 Å². The number of piperidine rings is 1. The summed E-state index contributed by atoms with van der Waals surface area (Å²) in [6, 6.07) is 9.50. The van der Waals surface area contributed by atoms with Gasteiger partial charge in [0, 0.05) is 37.2 Å². The topological polar surface area (TPSA) is 75.4 Å². The molecule has 2 fully saturated rings. The highest BCUT2D eigenvalue weighted by Crippen LogP contribution is 2.28. The second kappa shape index (κ2) is 8.48. The lowest BCUT2D eigenvalue weighted by molar-refractivity contribution is -0.135. The molecule has 1 aromatic carbocycles. The van der Waals surface area contributed by atoms with Crippen molar-refractivity contribution in [3.63, 3.8) is 0 Å². The molecule has 1 heterocycles. The van der Waals surface area contributed by atoms with Crippen molar-refractivity contribution in [1.82, 2.24) is 10.2 Å². The van der Waals surface area contributed by atoms with Gasteiger partial charge in [-0.2, -0.15) is 0 Å². The molecule has 3 N–H and O–H groups in total. The quantitative estimate of drug-likeness (QED) is 0.861. The molecule has 0 radical (unpaired) electrons. The predicted molar refractivity (Wildman–Crippen MR) is 98.1 cm³/mol. The van der Waals surface area contributed by atoms with Crippen molar-refractivity contribution in [2.24, 2.45) is 11.7 Å². The molecule has 1 aliphatic heterocycles. The summed E-state index contributed by atoms with van der Waals surface area (Å²) in [5.74, 6) is 0.464. The fourth-order valence-electron chi connectivity index (χ4n) is 4.10. The molecule has 5 heteroatoms. The maximum Gasteiger partial charge on any atom is 0.251 e. The SMILES string of the molecule is N[C@@H]1CCC[C@H]1CC(=O)N1CCCCC1CNC(=O)c1ccccc1. The Balaban J connectivity index is 1.55. The van der Waals surface area contributed by atoms with Gasteiger partial charge in [0.25, 0.3) is 5.91 Å². The van der Waals surface area contributed by atoms with Crippen LogP contribution < -0.4 is 11.1 Å². The zero-order valence-electron chi connectivity index (χ0n) is 14.8. The second-order valence-electron chi connectivity index (χ2n) is 7.37. The summed E-state index contributed by atoms with van der Waals surface area (Å²) in [7, 11) is 0. The number of carbonyl (C=O) groups is 2. The Hall–Kier alpha value is -1.88. The number of amides is 2. The third-order valence-corrected chi connectivity index (χ3v) is 5.64. The Kier molecular flexibility index (Phi) is 6.08. The third kappa shape index (κ3) is 4.60. The monoisotopic (exact) mass is 343 g/mol. The molecule has 1 aromatic rings. The van der Waals surface area contributed by atoms with Gasteiger partial charge in [-0.25, -0.2) is 0 Å². The van der Waals surface area contributed by atoms with Gasteiger partial charge in [-0.3, -0.25) is 9.59 Å². The first kappa shape index (κ1) is 17.9. The molecule has 25 heavy (non-hydrogen) atoms. The highest BCUT2D eigenvalue weighted by atomic mass is 16.2. The van der Waals surface area contributed by atoms with E-state index in [-0.39, 0.29) is 23.9 Å². The van der Waals surface area contributed by atoms with E-state index < -0.39 is 0 Å². The number of benzene rings is 1. The number of hydrogen-bond donors (Lipinski definition) is 2. The van der Waals surface area contributed by atoms with Gasteiger partial charge < -0.3 is 16.0 Å². The largest absolute Gasteiger partial charge is 0.350 e. The summed E-state index contributed by atoms with van der Waals surface area (Å²) in [4.78, 5) is 27.0. The Morgan fingerprint density at radius 2 is 1.88 bits per heavy atom. The van der Waals surface area contributed by atoms with Crippen LogP contribution in [0.5, 0.6) is 0 Å². The lowest BCUT2D eigenvalue weighted by Crippen LogP contribution is -2.50. The van der Waals surface area contributed by atoms with Crippen molar-refractivity contribution in [2.45, 2.75) is 57.0 Å². The first-order valence-electron chi connectivity index (χ1n) is 9.53. The van der Waals surface area contributed by atoms with Crippen LogP contribution in [0.4, 0.5) is 0 Å². The fraction of sp³-hybridized carbons (Fsp3) is 0.600. The number of nitrogens with one attached hydrogen (secondary N) is 1. The van der Waals surface area contributed by atoms with Crippen molar-refractivity contribution in [3.8, 4) is 0 Å². The van der Waals surface area contributed by atoms with Crippen molar-refractivity contribution in [1.29, 1.82) is 0 Å². The van der Waals surface area contributed by atoms with Crippen LogP contribution in [0, 0.1) is 5.92 Å². The van der Waals surface area contributed by atoms with Crippen LogP contribution in [0.1, 0.15) is 55.3 Å². The van der Waals surface area contributed by atoms with E-state index in [0.717, 1.165) is 45.1 Å². The van der Waals surface area contributed by atoms with Crippen molar-refractivity contribution in [2.75, 3.05) is 13.1 Å². The van der Waals surface area contributed by atoms with Gasteiger partial charge in [0.1, 0.15) is 0 Å². The van der Waals surface area contributed by atoms with Crippen molar-refractivity contribution >= 4 is 11.8 Å². The lowest BCUT2D eigenvalue weighted by Gasteiger charge is -2.36. The minimum atomic E-state index is -0.0728. The summed E-state index contributed by atoms with van der Waals surface area (Å²) < 4.78 is 0. The number of likely N-dealkylation sites (tertiary alicyclic amines) is 1. The minimum absolute atomic E-state index is 0.0728. The van der Waals surface area contributed by atoms with E-state index in [1.807, 2.05) is 23.1 Å². The summed E-state index contributed by atoms with van der Waals surface area (Å²) in [6.07, 6.45) is 6.91. The zero-order valence-corrected chi connectivity index (χ0v) is 14.8. The molecule has 3 atom stereocenters. The molecule has 136 valence electrons. The molecular formula is C20H29N3O2. The third-order valence-electron chi connectivity index (χ3n) is 5.64. The average molecular weight is 343 g/mol. The predicted octanol–water partition coefficient (Wildman–Crippen LogP) is 2.31. The van der Waals surface area contributed by atoms with Crippen LogP contribution in [0.3, 0.4) is 0 Å². The molecule has 5 nitrogen and oxygen atoms in total. The standard InChI is InChI=1S/C20H29N3O2/c21-18-11-6-9-16(18)13-19(24)23-12-5-4-10-17(23)14-22-20(25)15-7-2-1-3-8-15/h1-3,7-8,16-18H,4-6,9-14,21H2,(H,22,25)/t16-,17?,18+/m0/s1. The molecule has 1 saturated heterocycles. The van der Waals surface area contributed by atoms with E-state index in [9.17, 15) is 9.59 Å². The summed E-state index contributed by atoms with van der Waals surface area (Å²) in [6.45, 7) is 1.32. The molecule has 0 bridgehead atoms. The molecular weight excluding hydrogens is 314 g/mol. The van der Waals surface area contributed by atoms with Gasteiger partial charge in [0.2, 0.25) is 5.91 Å². The molecule has 2 aliphatic rings. The van der Waals surface area contributed by atoms with E-state index >= 15 is 0 Å². The van der Waals surface area contributed by atoms with Gasteiger partial charge in [-0.15, -0.1) is 0 Å². The minimum Gasteiger partial charge on any atom is -0.350 e. The van der Waals surface area contributed by atoms with E-state index in [4.69, 9.17) is 5.73 Å². The van der Waals surface area contributed by atoms with E-state index in [1.165, 1.54) is 0 Å². The Bertz CT molecular complexity index is 590. The van der Waals surface area contributed by atoms with Gasteiger partial charge >= 0.3 is 0 Å². The fourth-order valence-corrected chi connectivity index (χ4v) is 4.10. The molecule has 0 aromatic heterocycles. The number of hydrogen-bond acceptors (Lipinski definition) is 3. The number of nitrogens with zero attached hydrogens (tertiary/aromatic N) is 1. The number of rotatable bonds is 5. The van der Waals surface area contributed by atoms with E-state index in [2.05, 4.69) is 5.32 Å². The zero-order chi connectivity index (χ0) is 17.6. The number of nitrogens with two attached hydrogens (primary N) is 1. The molecule has 1 saturated carbocycles. The summed E-state index contributed by atoms with van der Waals surface area (Å²) in [5.41, 5.74) is 6.79. The first-order valence-corrected chi connectivity index (χ1v) is 9.53. The smallest absolute Gasteiger partial charge is 0.251 e. The lowest BCUT2D eigenvalue weighted by atomic mass is 9.96. The molecule has 1 aliphatic carbocycles. The van der Waals surface area contributed by atoms with Crippen LogP contribution in [-0.4, -0.2) is 41.9 Å². The average Bonchev–Trinajstić information content (AvgIpc) is 3.05. The maximum absolute atomic E-state index is 12.8. The van der Waals surface area contributed by atoms with Gasteiger partial charge in [0.05, 0.1) is 0 Å². The first-order chi connectivity index (χ1) is 12.1.